The molecule has 0 spiro atoms. The van der Waals surface area contributed by atoms with Crippen molar-refractivity contribution in [3.63, 3.8) is 0 Å². The van der Waals surface area contributed by atoms with Crippen LogP contribution in [-0.2, 0) is 0 Å². The fourth-order valence-electron chi connectivity index (χ4n) is 4.78. The molecule has 2 aromatic heterocycles. The van der Waals surface area contributed by atoms with Crippen LogP contribution in [0, 0.1) is 5.92 Å². The Balaban J connectivity index is 1.36. The van der Waals surface area contributed by atoms with Crippen molar-refractivity contribution in [2.45, 2.75) is 26.3 Å². The van der Waals surface area contributed by atoms with Crippen molar-refractivity contribution in [3.8, 4) is 34.1 Å². The lowest BCUT2D eigenvalue weighted by Gasteiger charge is -2.20. The third kappa shape index (κ3) is 4.77. The molecule has 4 aromatic rings. The summed E-state index contributed by atoms with van der Waals surface area (Å²) in [7, 11) is 1.58. The van der Waals surface area contributed by atoms with Crippen LogP contribution in [0.15, 0.2) is 54.7 Å². The van der Waals surface area contributed by atoms with E-state index in [0.717, 1.165) is 36.2 Å². The largest absolute Gasteiger partial charge is 0.507 e. The maximum absolute atomic E-state index is 12.8. The number of H-pyrrole nitrogens is 1. The Morgan fingerprint density at radius 1 is 1.22 bits per heavy atom. The third-order valence-corrected chi connectivity index (χ3v) is 6.87. The summed E-state index contributed by atoms with van der Waals surface area (Å²) >= 11 is 0. The molecule has 1 fully saturated rings. The molecular formula is C28H31N5O3. The molecule has 0 radical (unpaired) electrons. The van der Waals surface area contributed by atoms with Crippen LogP contribution in [0.3, 0.4) is 0 Å². The van der Waals surface area contributed by atoms with Crippen LogP contribution in [0.4, 0.5) is 0 Å². The number of amides is 1. The quantitative estimate of drug-likeness (QED) is 0.357. The number of hydrogen-bond acceptors (Lipinski definition) is 6. The number of benzene rings is 2. The van der Waals surface area contributed by atoms with Crippen molar-refractivity contribution in [2.75, 3.05) is 26.7 Å². The van der Waals surface area contributed by atoms with E-state index in [-0.39, 0.29) is 11.7 Å². The van der Waals surface area contributed by atoms with Crippen LogP contribution in [0.25, 0.3) is 33.5 Å². The van der Waals surface area contributed by atoms with Crippen LogP contribution >= 0.6 is 0 Å². The van der Waals surface area contributed by atoms with E-state index in [1.807, 2.05) is 30.3 Å². The first-order chi connectivity index (χ1) is 17.4. The summed E-state index contributed by atoms with van der Waals surface area (Å²) in [5, 5.41) is 13.7. The molecule has 36 heavy (non-hydrogen) atoms. The number of carbonyl (C=O) groups excluding carboxylic acids is 1. The minimum absolute atomic E-state index is 0.0930. The van der Waals surface area contributed by atoms with Crippen LogP contribution in [0.5, 0.6) is 11.6 Å². The lowest BCUT2D eigenvalue weighted by atomic mass is 10.0. The number of hydrogen-bond donors (Lipinski definition) is 3. The highest BCUT2D eigenvalue weighted by Gasteiger charge is 2.24. The molecule has 1 unspecified atom stereocenters. The van der Waals surface area contributed by atoms with E-state index in [0.29, 0.717) is 46.9 Å². The average molecular weight is 486 g/mol. The number of nitrogens with one attached hydrogen (secondary N) is 2. The zero-order valence-corrected chi connectivity index (χ0v) is 20.8. The van der Waals surface area contributed by atoms with Gasteiger partial charge in [0.25, 0.3) is 5.91 Å². The van der Waals surface area contributed by atoms with Crippen molar-refractivity contribution in [1.82, 2.24) is 25.2 Å². The van der Waals surface area contributed by atoms with Crippen LogP contribution in [0.2, 0.25) is 0 Å². The van der Waals surface area contributed by atoms with E-state index in [1.54, 1.807) is 31.5 Å². The van der Waals surface area contributed by atoms with Crippen LogP contribution in [-0.4, -0.2) is 63.7 Å². The fourth-order valence-corrected chi connectivity index (χ4v) is 4.78. The minimum Gasteiger partial charge on any atom is -0.507 e. The average Bonchev–Trinajstić information content (AvgIpc) is 3.54. The van der Waals surface area contributed by atoms with Gasteiger partial charge >= 0.3 is 0 Å². The van der Waals surface area contributed by atoms with E-state index >= 15 is 0 Å². The predicted octanol–water partition coefficient (Wildman–Crippen LogP) is 4.47. The van der Waals surface area contributed by atoms with Gasteiger partial charge in [0.05, 0.1) is 23.7 Å². The number of pyridine rings is 1. The Morgan fingerprint density at radius 3 is 2.86 bits per heavy atom. The number of methoxy groups -OCH3 is 1. The summed E-state index contributed by atoms with van der Waals surface area (Å²) in [6.07, 6.45) is 2.78. The monoisotopic (exact) mass is 485 g/mol. The third-order valence-electron chi connectivity index (χ3n) is 6.87. The maximum atomic E-state index is 12.8. The number of ether oxygens (including phenoxy) is 1. The maximum Gasteiger partial charge on any atom is 0.251 e. The number of phenolic OH excluding ortho intramolecular Hbond substituents is 1. The first-order valence-corrected chi connectivity index (χ1v) is 12.3. The smallest absolute Gasteiger partial charge is 0.251 e. The van der Waals surface area contributed by atoms with Gasteiger partial charge in [-0.2, -0.15) is 0 Å². The highest BCUT2D eigenvalue weighted by atomic mass is 16.5. The SMILES string of the molecule is COc1ncccc1-c1ccc(O)c(-c2nc3ccc(C(=O)NCC4CCN(C(C)C)C4)cc3[nH]2)c1. The number of fused-ring (bicyclic) bond motifs is 1. The molecule has 1 atom stereocenters. The summed E-state index contributed by atoms with van der Waals surface area (Å²) in [5.74, 6) is 1.51. The zero-order valence-electron chi connectivity index (χ0n) is 20.8. The zero-order chi connectivity index (χ0) is 25.2. The first kappa shape index (κ1) is 23.8. The number of aromatic hydroxyl groups is 1. The van der Waals surface area contributed by atoms with E-state index in [4.69, 9.17) is 4.74 Å². The van der Waals surface area contributed by atoms with Crippen molar-refractivity contribution in [1.29, 1.82) is 0 Å². The Hall–Kier alpha value is -3.91. The molecule has 0 bridgehead atoms. The molecule has 1 saturated heterocycles. The number of phenols is 1. The molecule has 8 nitrogen and oxygen atoms in total. The van der Waals surface area contributed by atoms with Gasteiger partial charge in [-0.1, -0.05) is 6.07 Å². The molecule has 3 heterocycles. The molecule has 186 valence electrons. The summed E-state index contributed by atoms with van der Waals surface area (Å²) in [6.45, 7) is 7.20. The molecule has 0 saturated carbocycles. The number of rotatable bonds is 7. The van der Waals surface area contributed by atoms with Gasteiger partial charge in [0.15, 0.2) is 0 Å². The van der Waals surface area contributed by atoms with E-state index < -0.39 is 0 Å². The summed E-state index contributed by atoms with van der Waals surface area (Å²) < 4.78 is 5.39. The number of aromatic amines is 1. The van der Waals surface area contributed by atoms with Crippen molar-refractivity contribution in [3.05, 3.63) is 60.3 Å². The van der Waals surface area contributed by atoms with Crippen LogP contribution < -0.4 is 10.1 Å². The molecule has 1 aliphatic rings. The molecule has 0 aliphatic carbocycles. The van der Waals surface area contributed by atoms with Crippen molar-refractivity contribution in [2.24, 2.45) is 5.92 Å². The van der Waals surface area contributed by atoms with E-state index in [1.165, 1.54) is 0 Å². The van der Waals surface area contributed by atoms with Crippen molar-refractivity contribution < 1.29 is 14.6 Å². The fraction of sp³-hybridized carbons (Fsp3) is 0.321. The normalized spacial score (nSPS) is 16.1. The second-order valence-corrected chi connectivity index (χ2v) is 9.56. The van der Waals surface area contributed by atoms with Gasteiger partial charge in [0.2, 0.25) is 5.88 Å². The summed E-state index contributed by atoms with van der Waals surface area (Å²) in [4.78, 5) is 27.5. The van der Waals surface area contributed by atoms with Crippen LogP contribution in [0.1, 0.15) is 30.6 Å². The van der Waals surface area contributed by atoms with Gasteiger partial charge in [-0.05, 0) is 80.8 Å². The summed E-state index contributed by atoms with van der Waals surface area (Å²) in [5.41, 5.74) is 4.24. The lowest BCUT2D eigenvalue weighted by molar-refractivity contribution is 0.0947. The minimum atomic E-state index is -0.0930. The molecule has 3 N–H and O–H groups in total. The van der Waals surface area contributed by atoms with Crippen molar-refractivity contribution >= 4 is 16.9 Å². The van der Waals surface area contributed by atoms with E-state index in [9.17, 15) is 9.90 Å². The Kier molecular flexibility index (Phi) is 6.61. The number of imidazole rings is 1. The standard InChI is InChI=1S/C28H31N5O3/c1-17(2)33-12-10-18(16-33)15-30-27(35)20-6-8-23-24(14-20)32-26(31-23)22-13-19(7-9-25(22)34)21-5-4-11-29-28(21)36-3/h4-9,11,13-14,17-18,34H,10,12,15-16H2,1-3H3,(H,30,35)(H,31,32). The Labute approximate surface area is 210 Å². The number of aromatic nitrogens is 3. The van der Waals surface area contributed by atoms with Gasteiger partial charge in [-0.15, -0.1) is 0 Å². The molecule has 1 aliphatic heterocycles. The molecule has 8 heteroatoms. The molecular weight excluding hydrogens is 454 g/mol. The lowest BCUT2D eigenvalue weighted by Crippen LogP contribution is -2.32. The Bertz CT molecular complexity index is 1400. The van der Waals surface area contributed by atoms with Gasteiger partial charge < -0.3 is 25.0 Å². The highest BCUT2D eigenvalue weighted by molar-refractivity contribution is 5.97. The first-order valence-electron chi connectivity index (χ1n) is 12.3. The second kappa shape index (κ2) is 9.99. The molecule has 1 amide bonds. The van der Waals surface area contributed by atoms with Gasteiger partial charge in [0.1, 0.15) is 11.6 Å². The number of carbonyl (C=O) groups is 1. The Morgan fingerprint density at radius 2 is 2.08 bits per heavy atom. The topological polar surface area (TPSA) is 103 Å². The van der Waals surface area contributed by atoms with Gasteiger partial charge in [-0.3, -0.25) is 4.79 Å². The predicted molar refractivity (Wildman–Crippen MR) is 140 cm³/mol. The van der Waals surface area contributed by atoms with Gasteiger partial charge in [-0.25, -0.2) is 9.97 Å². The second-order valence-electron chi connectivity index (χ2n) is 9.56. The van der Waals surface area contributed by atoms with Gasteiger partial charge in [0, 0.05) is 36.5 Å². The number of likely N-dealkylation sites (tertiary alicyclic amines) is 1. The number of nitrogens with zero attached hydrogens (tertiary/aromatic N) is 3. The highest BCUT2D eigenvalue weighted by Crippen LogP contribution is 2.35. The molecule has 5 rings (SSSR count). The summed E-state index contributed by atoms with van der Waals surface area (Å²) in [6, 6.07) is 15.0. The van der Waals surface area contributed by atoms with E-state index in [2.05, 4.69) is 39.0 Å². The molecule has 2 aromatic carbocycles.